The number of nitro groups is 1. The minimum absolute atomic E-state index is 0.101. The first kappa shape index (κ1) is 15.7. The molecule has 2 aromatic rings. The summed E-state index contributed by atoms with van der Waals surface area (Å²) in [5, 5.41) is 14.5. The zero-order chi connectivity index (χ0) is 15.2. The first-order valence-corrected chi connectivity index (χ1v) is 7.90. The summed E-state index contributed by atoms with van der Waals surface area (Å²) in [5.41, 5.74) is 2.91. The Kier molecular flexibility index (Phi) is 5.47. The smallest absolute Gasteiger partial charge is 0.292 e. The highest BCUT2D eigenvalue weighted by Gasteiger charge is 2.12. The third-order valence-corrected chi connectivity index (χ3v) is 4.30. The number of hydrogen-bond acceptors (Lipinski definition) is 4. The van der Waals surface area contributed by atoms with Gasteiger partial charge in [0, 0.05) is 29.6 Å². The van der Waals surface area contributed by atoms with Crippen molar-refractivity contribution in [1.29, 1.82) is 0 Å². The molecule has 0 atom stereocenters. The number of halogens is 1. The quantitative estimate of drug-likeness (QED) is 0.617. The molecule has 1 N–H and O–H groups in total. The molecule has 0 aliphatic carbocycles. The molecule has 0 spiro atoms. The standard InChI is InChI=1S/C15H15ClN2O2S/c1-17-14-8-12(4-7-15(14)18(19)20)10-21-9-11-2-5-13(16)6-3-11/h2-8,17H,9-10H2,1H3. The van der Waals surface area contributed by atoms with Crippen LogP contribution < -0.4 is 5.32 Å². The summed E-state index contributed by atoms with van der Waals surface area (Å²) in [6.07, 6.45) is 0. The van der Waals surface area contributed by atoms with Crippen LogP contribution in [0.15, 0.2) is 42.5 Å². The van der Waals surface area contributed by atoms with Gasteiger partial charge < -0.3 is 5.32 Å². The van der Waals surface area contributed by atoms with Crippen molar-refractivity contribution in [2.45, 2.75) is 11.5 Å². The van der Waals surface area contributed by atoms with E-state index in [2.05, 4.69) is 5.32 Å². The fraction of sp³-hybridized carbons (Fsp3) is 0.200. The highest BCUT2D eigenvalue weighted by atomic mass is 35.5. The van der Waals surface area contributed by atoms with Gasteiger partial charge in [-0.05, 0) is 29.3 Å². The zero-order valence-corrected chi connectivity index (χ0v) is 13.1. The molecule has 0 saturated carbocycles. The van der Waals surface area contributed by atoms with E-state index in [1.807, 2.05) is 30.3 Å². The van der Waals surface area contributed by atoms with E-state index < -0.39 is 0 Å². The number of thioether (sulfide) groups is 1. The summed E-state index contributed by atoms with van der Waals surface area (Å²) < 4.78 is 0. The van der Waals surface area contributed by atoms with Gasteiger partial charge in [-0.2, -0.15) is 11.8 Å². The molecule has 0 heterocycles. The Labute approximate surface area is 132 Å². The molecule has 0 amide bonds. The van der Waals surface area contributed by atoms with Crippen LogP contribution in [0.4, 0.5) is 11.4 Å². The Morgan fingerprint density at radius 1 is 1.14 bits per heavy atom. The van der Waals surface area contributed by atoms with E-state index in [-0.39, 0.29) is 10.6 Å². The van der Waals surface area contributed by atoms with E-state index in [1.165, 1.54) is 5.56 Å². The van der Waals surface area contributed by atoms with Gasteiger partial charge in [0.15, 0.2) is 0 Å². The molecule has 0 aromatic heterocycles. The molecular formula is C15H15ClN2O2S. The van der Waals surface area contributed by atoms with E-state index in [0.717, 1.165) is 22.1 Å². The van der Waals surface area contributed by atoms with Gasteiger partial charge in [-0.15, -0.1) is 0 Å². The van der Waals surface area contributed by atoms with Gasteiger partial charge >= 0.3 is 0 Å². The topological polar surface area (TPSA) is 55.2 Å². The van der Waals surface area contributed by atoms with Crippen LogP contribution in [0.1, 0.15) is 11.1 Å². The van der Waals surface area contributed by atoms with Gasteiger partial charge in [0.1, 0.15) is 5.69 Å². The monoisotopic (exact) mass is 322 g/mol. The van der Waals surface area contributed by atoms with E-state index in [9.17, 15) is 10.1 Å². The van der Waals surface area contributed by atoms with E-state index in [0.29, 0.717) is 5.69 Å². The van der Waals surface area contributed by atoms with Crippen molar-refractivity contribution >= 4 is 34.7 Å². The second-order valence-corrected chi connectivity index (χ2v) is 5.90. The van der Waals surface area contributed by atoms with E-state index >= 15 is 0 Å². The molecular weight excluding hydrogens is 308 g/mol. The molecule has 0 aliphatic rings. The maximum atomic E-state index is 10.9. The Morgan fingerprint density at radius 3 is 2.38 bits per heavy atom. The average Bonchev–Trinajstić information content (AvgIpc) is 2.49. The molecule has 0 saturated heterocycles. The average molecular weight is 323 g/mol. The maximum Gasteiger partial charge on any atom is 0.292 e. The normalized spacial score (nSPS) is 10.4. The summed E-state index contributed by atoms with van der Waals surface area (Å²) in [6.45, 7) is 0. The van der Waals surface area contributed by atoms with Crippen molar-refractivity contribution in [3.05, 3.63) is 68.7 Å². The van der Waals surface area contributed by atoms with Crippen molar-refractivity contribution in [2.24, 2.45) is 0 Å². The molecule has 0 aliphatic heterocycles. The number of benzene rings is 2. The Bertz CT molecular complexity index is 632. The largest absolute Gasteiger partial charge is 0.383 e. The number of nitrogens with one attached hydrogen (secondary N) is 1. The van der Waals surface area contributed by atoms with Crippen LogP contribution >= 0.6 is 23.4 Å². The maximum absolute atomic E-state index is 10.9. The minimum Gasteiger partial charge on any atom is -0.383 e. The predicted molar refractivity (Wildman–Crippen MR) is 89.1 cm³/mol. The van der Waals surface area contributed by atoms with Gasteiger partial charge in [0.05, 0.1) is 4.92 Å². The van der Waals surface area contributed by atoms with Gasteiger partial charge in [-0.25, -0.2) is 0 Å². The van der Waals surface area contributed by atoms with Crippen LogP contribution in [-0.2, 0) is 11.5 Å². The first-order chi connectivity index (χ1) is 10.1. The third kappa shape index (κ3) is 4.37. The van der Waals surface area contributed by atoms with Crippen molar-refractivity contribution in [1.82, 2.24) is 0 Å². The summed E-state index contributed by atoms with van der Waals surface area (Å²) in [5.74, 6) is 1.68. The SMILES string of the molecule is CNc1cc(CSCc2ccc(Cl)cc2)ccc1[N+](=O)[O-]. The summed E-state index contributed by atoms with van der Waals surface area (Å²) in [4.78, 5) is 10.5. The van der Waals surface area contributed by atoms with Gasteiger partial charge in [0.25, 0.3) is 5.69 Å². The number of anilines is 1. The summed E-state index contributed by atoms with van der Waals surface area (Å²) in [6, 6.07) is 12.9. The van der Waals surface area contributed by atoms with Crippen molar-refractivity contribution < 1.29 is 4.92 Å². The molecule has 0 fully saturated rings. The van der Waals surface area contributed by atoms with Gasteiger partial charge in [-0.3, -0.25) is 10.1 Å². The fourth-order valence-electron chi connectivity index (χ4n) is 1.90. The molecule has 110 valence electrons. The second kappa shape index (κ2) is 7.33. The lowest BCUT2D eigenvalue weighted by Gasteiger charge is -2.06. The van der Waals surface area contributed by atoms with Crippen molar-refractivity contribution in [2.75, 3.05) is 12.4 Å². The molecule has 4 nitrogen and oxygen atoms in total. The van der Waals surface area contributed by atoms with Gasteiger partial charge in [-0.1, -0.05) is 29.8 Å². The van der Waals surface area contributed by atoms with Crippen LogP contribution in [-0.4, -0.2) is 12.0 Å². The molecule has 0 radical (unpaired) electrons. The van der Waals surface area contributed by atoms with E-state index in [4.69, 9.17) is 11.6 Å². The number of nitrogens with zero attached hydrogens (tertiary/aromatic N) is 1. The Balaban J connectivity index is 1.97. The van der Waals surface area contributed by atoms with Crippen LogP contribution in [0.2, 0.25) is 5.02 Å². The lowest BCUT2D eigenvalue weighted by atomic mass is 10.2. The Morgan fingerprint density at radius 2 is 1.76 bits per heavy atom. The fourth-order valence-corrected chi connectivity index (χ4v) is 2.97. The molecule has 2 rings (SSSR count). The van der Waals surface area contributed by atoms with Crippen molar-refractivity contribution in [3.63, 3.8) is 0 Å². The van der Waals surface area contributed by atoms with Crippen LogP contribution in [0, 0.1) is 10.1 Å². The second-order valence-electron chi connectivity index (χ2n) is 4.48. The third-order valence-electron chi connectivity index (χ3n) is 2.98. The number of nitro benzene ring substituents is 1. The van der Waals surface area contributed by atoms with Crippen LogP contribution in [0.3, 0.4) is 0 Å². The van der Waals surface area contributed by atoms with Crippen LogP contribution in [0.25, 0.3) is 0 Å². The summed E-state index contributed by atoms with van der Waals surface area (Å²) in [7, 11) is 1.69. The van der Waals surface area contributed by atoms with Crippen molar-refractivity contribution in [3.8, 4) is 0 Å². The number of hydrogen-bond donors (Lipinski definition) is 1. The predicted octanol–water partition coefficient (Wildman–Crippen LogP) is 4.72. The summed E-state index contributed by atoms with van der Waals surface area (Å²) >= 11 is 7.60. The highest BCUT2D eigenvalue weighted by Crippen LogP contribution is 2.27. The highest BCUT2D eigenvalue weighted by molar-refractivity contribution is 7.97. The molecule has 21 heavy (non-hydrogen) atoms. The van der Waals surface area contributed by atoms with Crippen LogP contribution in [0.5, 0.6) is 0 Å². The Hall–Kier alpha value is -1.72. The zero-order valence-electron chi connectivity index (χ0n) is 11.5. The lowest BCUT2D eigenvalue weighted by Crippen LogP contribution is -1.97. The minimum atomic E-state index is -0.379. The molecule has 2 aromatic carbocycles. The van der Waals surface area contributed by atoms with E-state index in [1.54, 1.807) is 30.9 Å². The molecule has 6 heteroatoms. The lowest BCUT2D eigenvalue weighted by molar-refractivity contribution is -0.383. The first-order valence-electron chi connectivity index (χ1n) is 6.37. The van der Waals surface area contributed by atoms with Gasteiger partial charge in [0.2, 0.25) is 0 Å². The number of rotatable bonds is 6. The molecule has 0 unspecified atom stereocenters. The molecule has 0 bridgehead atoms.